The lowest BCUT2D eigenvalue weighted by atomic mass is 9.88. The normalized spacial score (nSPS) is 19.3. The molecule has 7 nitrogen and oxygen atoms in total. The Labute approximate surface area is 137 Å². The van der Waals surface area contributed by atoms with Gasteiger partial charge in [-0.05, 0) is 42.5 Å². The highest BCUT2D eigenvalue weighted by molar-refractivity contribution is 7.70. The van der Waals surface area contributed by atoms with E-state index in [0.29, 0.717) is 29.8 Å². The molecule has 22 heavy (non-hydrogen) atoms. The molecule has 11 heteroatoms. The Morgan fingerprint density at radius 1 is 1.09 bits per heavy atom. The molecule has 1 aliphatic rings. The van der Waals surface area contributed by atoms with E-state index in [9.17, 15) is 28.7 Å². The predicted molar refractivity (Wildman–Crippen MR) is 83.2 cm³/mol. The van der Waals surface area contributed by atoms with Crippen LogP contribution in [0.2, 0.25) is 10.0 Å². The fraction of sp³-hybridized carbons (Fsp3) is 0.455. The summed E-state index contributed by atoms with van der Waals surface area (Å²) in [6, 6.07) is 2.60. The average molecular weight is 390 g/mol. The molecule has 0 spiro atoms. The second-order valence-electron chi connectivity index (χ2n) is 5.13. The van der Waals surface area contributed by atoms with Crippen molar-refractivity contribution in [2.75, 3.05) is 0 Å². The van der Waals surface area contributed by atoms with Gasteiger partial charge in [-0.2, -0.15) is 0 Å². The van der Waals surface area contributed by atoms with Crippen molar-refractivity contribution in [3.05, 3.63) is 33.3 Å². The predicted octanol–water partition coefficient (Wildman–Crippen LogP) is 2.60. The van der Waals surface area contributed by atoms with E-state index in [1.54, 1.807) is 12.1 Å². The van der Waals surface area contributed by atoms with Gasteiger partial charge in [0.05, 0.1) is 10.0 Å². The van der Waals surface area contributed by atoms with E-state index in [1.807, 2.05) is 0 Å². The molecule has 0 heterocycles. The Bertz CT molecular complexity index is 651. The summed E-state index contributed by atoms with van der Waals surface area (Å²) in [5, 5.41) is 3.05. The van der Waals surface area contributed by atoms with E-state index in [4.69, 9.17) is 23.2 Å². The molecular formula is C11H15Cl2NO6P2. The SMILES string of the molecule is O=P(O)(O)C(NC1CCCc2cc(Cl)c(Cl)cc21)P(=O)(O)O. The average Bonchev–Trinajstić information content (AvgIpc) is 2.34. The number of hydrogen-bond donors (Lipinski definition) is 5. The largest absolute Gasteiger partial charge is 0.354 e. The van der Waals surface area contributed by atoms with Gasteiger partial charge in [-0.1, -0.05) is 23.2 Å². The van der Waals surface area contributed by atoms with Crippen LogP contribution in [0.3, 0.4) is 0 Å². The molecule has 1 aliphatic carbocycles. The summed E-state index contributed by atoms with van der Waals surface area (Å²) in [4.78, 5) is 36.8. The van der Waals surface area contributed by atoms with Gasteiger partial charge in [0, 0.05) is 6.04 Å². The van der Waals surface area contributed by atoms with Crippen molar-refractivity contribution in [3.63, 3.8) is 0 Å². The number of benzene rings is 1. The Hall–Kier alpha value is 0.0600. The summed E-state index contributed by atoms with van der Waals surface area (Å²) >= 11 is 11.9. The van der Waals surface area contributed by atoms with Crippen molar-refractivity contribution in [2.45, 2.75) is 30.8 Å². The summed E-state index contributed by atoms with van der Waals surface area (Å²) in [5.74, 6) is 0. The molecule has 1 atom stereocenters. The topological polar surface area (TPSA) is 127 Å². The van der Waals surface area contributed by atoms with Gasteiger partial charge in [0.2, 0.25) is 5.52 Å². The van der Waals surface area contributed by atoms with Gasteiger partial charge in [-0.15, -0.1) is 0 Å². The molecule has 0 fully saturated rings. The third-order valence-corrected chi connectivity index (χ3v) is 7.58. The first-order valence-electron chi connectivity index (χ1n) is 6.34. The van der Waals surface area contributed by atoms with Crippen molar-refractivity contribution in [3.8, 4) is 0 Å². The standard InChI is InChI=1S/C11H15Cl2NO6P2/c12-8-4-6-2-1-3-10(7(6)5-9(8)13)14-11(21(15,16)17)22(18,19)20/h4-5,10-11,14H,1-3H2,(H2,15,16,17)(H2,18,19,20). The molecule has 1 aromatic rings. The minimum absolute atomic E-state index is 0.276. The van der Waals surface area contributed by atoms with Gasteiger partial charge >= 0.3 is 15.2 Å². The quantitative estimate of drug-likeness (QED) is 0.500. The highest BCUT2D eigenvalue weighted by Gasteiger charge is 2.45. The van der Waals surface area contributed by atoms with Gasteiger partial charge in [0.1, 0.15) is 0 Å². The number of aryl methyl sites for hydroxylation is 1. The fourth-order valence-corrected chi connectivity index (χ4v) is 5.21. The minimum Gasteiger partial charge on any atom is -0.323 e. The molecule has 0 bridgehead atoms. The maximum atomic E-state index is 11.4. The lowest BCUT2D eigenvalue weighted by molar-refractivity contribution is 0.315. The third kappa shape index (κ3) is 4.12. The van der Waals surface area contributed by atoms with Crippen molar-refractivity contribution in [2.24, 2.45) is 0 Å². The zero-order valence-electron chi connectivity index (χ0n) is 11.2. The highest BCUT2D eigenvalue weighted by Crippen LogP contribution is 2.59. The van der Waals surface area contributed by atoms with Crippen molar-refractivity contribution >= 4 is 38.4 Å². The number of nitrogens with one attached hydrogen (secondary N) is 1. The summed E-state index contributed by atoms with van der Waals surface area (Å²) in [5.41, 5.74) is -0.758. The number of hydrogen-bond acceptors (Lipinski definition) is 3. The maximum absolute atomic E-state index is 11.4. The van der Waals surface area contributed by atoms with Crippen LogP contribution < -0.4 is 5.32 Å². The monoisotopic (exact) mass is 389 g/mol. The van der Waals surface area contributed by atoms with Crippen LogP contribution in [0.1, 0.15) is 30.0 Å². The van der Waals surface area contributed by atoms with Crippen molar-refractivity contribution in [1.29, 1.82) is 0 Å². The molecule has 0 amide bonds. The molecule has 0 radical (unpaired) electrons. The Kier molecular flexibility index (Phi) is 5.45. The first-order chi connectivity index (χ1) is 10.00. The highest BCUT2D eigenvalue weighted by atomic mass is 35.5. The molecule has 0 saturated heterocycles. The summed E-state index contributed by atoms with van der Waals surface area (Å²) in [6.45, 7) is 0. The molecule has 0 aliphatic heterocycles. The van der Waals surface area contributed by atoms with Crippen LogP contribution in [-0.4, -0.2) is 25.1 Å². The van der Waals surface area contributed by atoms with Crippen molar-refractivity contribution in [1.82, 2.24) is 5.32 Å². The van der Waals surface area contributed by atoms with Crippen LogP contribution >= 0.6 is 38.4 Å². The van der Waals surface area contributed by atoms with Gasteiger partial charge in [-0.3, -0.25) is 14.4 Å². The minimum atomic E-state index is -5.03. The van der Waals surface area contributed by atoms with E-state index in [0.717, 1.165) is 5.56 Å². The summed E-state index contributed by atoms with van der Waals surface area (Å²) < 4.78 is 22.8. The Morgan fingerprint density at radius 3 is 2.18 bits per heavy atom. The van der Waals surface area contributed by atoms with Gasteiger partial charge in [-0.25, -0.2) is 0 Å². The van der Waals surface area contributed by atoms with Crippen LogP contribution in [0.15, 0.2) is 12.1 Å². The maximum Gasteiger partial charge on any atom is 0.354 e. The summed E-state index contributed by atoms with van der Waals surface area (Å²) in [7, 11) is -10.1. The van der Waals surface area contributed by atoms with Gasteiger partial charge < -0.3 is 19.6 Å². The van der Waals surface area contributed by atoms with E-state index in [2.05, 4.69) is 5.32 Å². The van der Waals surface area contributed by atoms with Crippen LogP contribution in [0.4, 0.5) is 0 Å². The second-order valence-corrected chi connectivity index (χ2v) is 9.74. The summed E-state index contributed by atoms with van der Waals surface area (Å²) in [6.07, 6.45) is 1.88. The Morgan fingerprint density at radius 2 is 1.64 bits per heavy atom. The first-order valence-corrected chi connectivity index (χ1v) is 10.5. The van der Waals surface area contributed by atoms with Crippen molar-refractivity contribution < 1.29 is 28.7 Å². The van der Waals surface area contributed by atoms with Crippen LogP contribution in [-0.2, 0) is 15.6 Å². The van der Waals surface area contributed by atoms with E-state index in [-0.39, 0.29) is 5.02 Å². The van der Waals surface area contributed by atoms with Gasteiger partial charge in [0.15, 0.2) is 0 Å². The molecule has 0 aromatic heterocycles. The van der Waals surface area contributed by atoms with E-state index in [1.165, 1.54) is 0 Å². The molecule has 2 rings (SSSR count). The second kappa shape index (κ2) is 6.52. The van der Waals surface area contributed by atoms with E-state index < -0.39 is 26.8 Å². The third-order valence-electron chi connectivity index (χ3n) is 3.48. The lowest BCUT2D eigenvalue weighted by Gasteiger charge is -2.31. The van der Waals surface area contributed by atoms with Gasteiger partial charge in [0.25, 0.3) is 0 Å². The molecule has 1 aromatic carbocycles. The zero-order chi connectivity index (χ0) is 16.7. The van der Waals surface area contributed by atoms with Crippen LogP contribution in [0.5, 0.6) is 0 Å². The molecular weight excluding hydrogens is 375 g/mol. The first kappa shape index (κ1) is 18.4. The van der Waals surface area contributed by atoms with Crippen LogP contribution in [0.25, 0.3) is 0 Å². The lowest BCUT2D eigenvalue weighted by Crippen LogP contribution is -2.34. The fourth-order valence-electron chi connectivity index (χ4n) is 2.54. The number of halogens is 2. The molecule has 0 saturated carbocycles. The number of fused-ring (bicyclic) bond motifs is 1. The molecule has 5 N–H and O–H groups in total. The molecule has 1 unspecified atom stereocenters. The molecule has 124 valence electrons. The zero-order valence-corrected chi connectivity index (χ0v) is 14.5. The smallest absolute Gasteiger partial charge is 0.323 e. The Balaban J connectivity index is 2.38. The number of rotatable bonds is 4. The van der Waals surface area contributed by atoms with E-state index >= 15 is 0 Å². The van der Waals surface area contributed by atoms with Crippen LogP contribution in [0, 0.1) is 0 Å².